The van der Waals surface area contributed by atoms with Gasteiger partial charge in [-0.25, -0.2) is 0 Å². The zero-order valence-corrected chi connectivity index (χ0v) is 7.45. The Balaban J connectivity index is 2.68. The molecule has 0 saturated carbocycles. The molecule has 1 nitrogen and oxygen atoms in total. The summed E-state index contributed by atoms with van der Waals surface area (Å²) in [7, 11) is 0. The molecule has 0 atom stereocenters. The molecule has 1 rings (SSSR count). The number of hydrogen-bond acceptors (Lipinski definition) is 1. The first-order valence-corrected chi connectivity index (χ1v) is 4.03. The van der Waals surface area contributed by atoms with Crippen molar-refractivity contribution in [2.75, 3.05) is 0 Å². The van der Waals surface area contributed by atoms with Gasteiger partial charge in [0.1, 0.15) is 0 Å². The van der Waals surface area contributed by atoms with Gasteiger partial charge in [0.05, 0.1) is 0 Å². The van der Waals surface area contributed by atoms with Gasteiger partial charge in [0, 0.05) is 0 Å². The first-order chi connectivity index (χ1) is 6.33. The highest BCUT2D eigenvalue weighted by molar-refractivity contribution is 6.06. The van der Waals surface area contributed by atoms with Crippen LogP contribution >= 0.6 is 0 Å². The lowest BCUT2D eigenvalue weighted by molar-refractivity contribution is -0.109. The summed E-state index contributed by atoms with van der Waals surface area (Å²) >= 11 is 0. The molecule has 0 bridgehead atoms. The fourth-order valence-electron chi connectivity index (χ4n) is 0.901. The van der Waals surface area contributed by atoms with Crippen molar-refractivity contribution in [3.63, 3.8) is 0 Å². The Kier molecular flexibility index (Phi) is 3.53. The fourth-order valence-corrected chi connectivity index (χ4v) is 0.901. The van der Waals surface area contributed by atoms with Gasteiger partial charge in [-0.2, -0.15) is 0 Å². The van der Waals surface area contributed by atoms with Crippen molar-refractivity contribution in [2.45, 2.75) is 6.92 Å². The average Bonchev–Trinajstić information content (AvgIpc) is 2.17. The van der Waals surface area contributed by atoms with Crippen molar-refractivity contribution in [1.29, 1.82) is 0 Å². The second kappa shape index (κ2) is 4.95. The molecule has 0 aliphatic carbocycles. The van der Waals surface area contributed by atoms with Crippen LogP contribution in [0.2, 0.25) is 0 Å². The molecule has 0 spiro atoms. The van der Waals surface area contributed by atoms with E-state index in [-0.39, 0.29) is 5.78 Å². The second-order valence-corrected chi connectivity index (χ2v) is 2.48. The maximum absolute atomic E-state index is 11.0. The molecule has 0 aliphatic rings. The van der Waals surface area contributed by atoms with Gasteiger partial charge in [-0.3, -0.25) is 4.79 Å². The summed E-state index contributed by atoms with van der Waals surface area (Å²) in [5.41, 5.74) is 1.01. The van der Waals surface area contributed by atoms with Gasteiger partial charge in [-0.1, -0.05) is 42.3 Å². The SMILES string of the molecule is CC#CC(=O)/C=C\c1ccccc1. The summed E-state index contributed by atoms with van der Waals surface area (Å²) in [6.07, 6.45) is 3.23. The highest BCUT2D eigenvalue weighted by Crippen LogP contribution is 2.00. The maximum Gasteiger partial charge on any atom is 0.228 e. The minimum Gasteiger partial charge on any atom is -0.280 e. The number of benzene rings is 1. The standard InChI is InChI=1S/C12H10O/c1-2-6-12(13)10-9-11-7-4-3-5-8-11/h3-5,7-10H,1H3/b10-9-. The Bertz CT molecular complexity index is 363. The quantitative estimate of drug-likeness (QED) is 0.378. The first-order valence-electron chi connectivity index (χ1n) is 4.03. The van der Waals surface area contributed by atoms with E-state index in [1.807, 2.05) is 30.3 Å². The van der Waals surface area contributed by atoms with Crippen molar-refractivity contribution in [3.8, 4) is 11.8 Å². The van der Waals surface area contributed by atoms with Crippen LogP contribution in [0.25, 0.3) is 6.08 Å². The summed E-state index contributed by atoms with van der Waals surface area (Å²) < 4.78 is 0. The Hall–Kier alpha value is -1.81. The van der Waals surface area contributed by atoms with Crippen molar-refractivity contribution in [1.82, 2.24) is 0 Å². The van der Waals surface area contributed by atoms with Crippen molar-refractivity contribution < 1.29 is 4.79 Å². The smallest absolute Gasteiger partial charge is 0.228 e. The van der Waals surface area contributed by atoms with Gasteiger partial charge in [-0.05, 0) is 24.5 Å². The number of carbonyl (C=O) groups is 1. The van der Waals surface area contributed by atoms with E-state index in [0.717, 1.165) is 5.56 Å². The molecular weight excluding hydrogens is 160 g/mol. The molecule has 1 aromatic carbocycles. The summed E-state index contributed by atoms with van der Waals surface area (Å²) in [6.45, 7) is 1.65. The molecule has 0 amide bonds. The van der Waals surface area contributed by atoms with Gasteiger partial charge in [0.15, 0.2) is 0 Å². The van der Waals surface area contributed by atoms with Crippen molar-refractivity contribution >= 4 is 11.9 Å². The number of carbonyl (C=O) groups excluding carboxylic acids is 1. The number of rotatable bonds is 2. The molecule has 0 aliphatic heterocycles. The molecule has 0 heterocycles. The molecule has 0 saturated heterocycles. The largest absolute Gasteiger partial charge is 0.280 e. The summed E-state index contributed by atoms with van der Waals surface area (Å²) in [5.74, 6) is 4.83. The van der Waals surface area contributed by atoms with Crippen LogP contribution in [0, 0.1) is 11.8 Å². The molecule has 1 aromatic rings. The fraction of sp³-hybridized carbons (Fsp3) is 0.0833. The zero-order valence-electron chi connectivity index (χ0n) is 7.45. The lowest BCUT2D eigenvalue weighted by Gasteiger charge is -1.88. The molecular formula is C12H10O. The van der Waals surface area contributed by atoms with E-state index in [2.05, 4.69) is 11.8 Å². The lowest BCUT2D eigenvalue weighted by Crippen LogP contribution is -1.84. The lowest BCUT2D eigenvalue weighted by atomic mass is 10.2. The van der Waals surface area contributed by atoms with Crippen LogP contribution in [-0.4, -0.2) is 5.78 Å². The first kappa shape index (κ1) is 9.28. The molecule has 0 radical (unpaired) electrons. The number of ketones is 1. The predicted octanol–water partition coefficient (Wildman–Crippen LogP) is 2.29. The van der Waals surface area contributed by atoms with Crippen LogP contribution in [0.4, 0.5) is 0 Å². The minimum atomic E-state index is -0.161. The van der Waals surface area contributed by atoms with Gasteiger partial charge in [0.2, 0.25) is 5.78 Å². The molecule has 13 heavy (non-hydrogen) atoms. The molecule has 0 aromatic heterocycles. The van der Waals surface area contributed by atoms with Gasteiger partial charge in [-0.15, -0.1) is 0 Å². The third kappa shape index (κ3) is 3.39. The van der Waals surface area contributed by atoms with E-state index in [0.29, 0.717) is 0 Å². The Labute approximate surface area is 78.1 Å². The van der Waals surface area contributed by atoms with E-state index in [1.54, 1.807) is 13.0 Å². The third-order valence-corrected chi connectivity index (χ3v) is 1.47. The maximum atomic E-state index is 11.0. The van der Waals surface area contributed by atoms with Gasteiger partial charge >= 0.3 is 0 Å². The summed E-state index contributed by atoms with van der Waals surface area (Å²) in [4.78, 5) is 11.0. The van der Waals surface area contributed by atoms with Crippen LogP contribution < -0.4 is 0 Å². The number of hydrogen-bond donors (Lipinski definition) is 0. The number of allylic oxidation sites excluding steroid dienone is 1. The van der Waals surface area contributed by atoms with Crippen LogP contribution in [0.5, 0.6) is 0 Å². The van der Waals surface area contributed by atoms with Gasteiger partial charge in [0.25, 0.3) is 0 Å². The summed E-state index contributed by atoms with van der Waals surface area (Å²) in [6, 6.07) is 9.66. The predicted molar refractivity (Wildman–Crippen MR) is 53.9 cm³/mol. The van der Waals surface area contributed by atoms with Gasteiger partial charge < -0.3 is 0 Å². The Morgan fingerprint density at radius 1 is 1.31 bits per heavy atom. The highest BCUT2D eigenvalue weighted by atomic mass is 16.1. The van der Waals surface area contributed by atoms with Crippen LogP contribution in [0.1, 0.15) is 12.5 Å². The molecule has 1 heteroatoms. The van der Waals surface area contributed by atoms with E-state index in [4.69, 9.17) is 0 Å². The molecule has 64 valence electrons. The third-order valence-electron chi connectivity index (χ3n) is 1.47. The minimum absolute atomic E-state index is 0.161. The second-order valence-electron chi connectivity index (χ2n) is 2.48. The van der Waals surface area contributed by atoms with Crippen LogP contribution in [-0.2, 0) is 4.79 Å². The highest BCUT2D eigenvalue weighted by Gasteiger charge is 1.87. The Morgan fingerprint density at radius 3 is 2.62 bits per heavy atom. The Morgan fingerprint density at radius 2 is 2.00 bits per heavy atom. The monoisotopic (exact) mass is 170 g/mol. The van der Waals surface area contributed by atoms with E-state index in [1.165, 1.54) is 6.08 Å². The molecule has 0 unspecified atom stereocenters. The molecule has 0 fully saturated rings. The van der Waals surface area contributed by atoms with Crippen molar-refractivity contribution in [3.05, 3.63) is 42.0 Å². The average molecular weight is 170 g/mol. The summed E-state index contributed by atoms with van der Waals surface area (Å²) in [5, 5.41) is 0. The van der Waals surface area contributed by atoms with E-state index >= 15 is 0 Å². The van der Waals surface area contributed by atoms with E-state index in [9.17, 15) is 4.79 Å². The van der Waals surface area contributed by atoms with Crippen LogP contribution in [0.3, 0.4) is 0 Å². The van der Waals surface area contributed by atoms with E-state index < -0.39 is 0 Å². The normalized spacial score (nSPS) is 9.31. The topological polar surface area (TPSA) is 17.1 Å². The zero-order chi connectivity index (χ0) is 9.52. The van der Waals surface area contributed by atoms with Crippen molar-refractivity contribution in [2.24, 2.45) is 0 Å². The van der Waals surface area contributed by atoms with Crippen LogP contribution in [0.15, 0.2) is 36.4 Å². The molecule has 0 N–H and O–H groups in total.